The molecule has 0 aromatic carbocycles. The van der Waals surface area contributed by atoms with E-state index in [1.54, 1.807) is 0 Å². The number of aliphatic hydroxyl groups is 3. The molecule has 1 aliphatic carbocycles. The monoisotopic (exact) mass is 754 g/mol. The van der Waals surface area contributed by atoms with Gasteiger partial charge in [-0.25, -0.2) is 0 Å². The van der Waals surface area contributed by atoms with Crippen molar-refractivity contribution < 1.29 is 44.1 Å². The Hall–Kier alpha value is -0.0899. The topological polar surface area (TPSA) is 111 Å². The van der Waals surface area contributed by atoms with Gasteiger partial charge in [0.1, 0.15) is 11.7 Å². The molecule has 38 heavy (non-hydrogen) atoms. The van der Waals surface area contributed by atoms with Crippen molar-refractivity contribution in [2.75, 3.05) is 47.9 Å². The van der Waals surface area contributed by atoms with E-state index in [0.29, 0.717) is 31.4 Å². The Bertz CT molecular complexity index is 777. The first-order valence-electron chi connectivity index (χ1n) is 13.4. The summed E-state index contributed by atoms with van der Waals surface area (Å²) in [7, 11) is 4.98. The van der Waals surface area contributed by atoms with Gasteiger partial charge in [0.15, 0.2) is 8.32 Å². The van der Waals surface area contributed by atoms with Crippen molar-refractivity contribution in [2.45, 2.75) is 103 Å². The van der Waals surface area contributed by atoms with Crippen LogP contribution in [-0.4, -0.2) is 107 Å². The zero-order valence-electron chi connectivity index (χ0n) is 26.4. The van der Waals surface area contributed by atoms with Crippen LogP contribution in [0.2, 0.25) is 37.8 Å². The molecule has 0 aromatic rings. The maximum absolute atomic E-state index is 11.4. The third kappa shape index (κ3) is 15.1. The molecule has 0 aromatic heterocycles. The molecule has 11 heteroatoms. The standard InChI is InChI=1S/C21H42O4Si2.C6H16N2.2O.Os/c1-16(11-10-14-25-27(8,9)20(2,3)4)21(24)17(15-26(5,6)7)12-13-18(22)19(21)23;1-7(2)5-6-8(3)4;;;/h11,15,18-19,22-24H,10,12-14H2,1-9H3;5-6H2,1-4H3;;;/q;;;;+2/b16-11+,17-15+;;;;/t18-,19-,21+;;;;/m1..../s1. The van der Waals surface area contributed by atoms with Gasteiger partial charge in [0.05, 0.1) is 14.2 Å². The van der Waals surface area contributed by atoms with Gasteiger partial charge in [-0.3, -0.25) is 0 Å². The van der Waals surface area contributed by atoms with E-state index in [1.165, 1.54) is 0 Å². The van der Waals surface area contributed by atoms with Gasteiger partial charge < -0.3 is 29.5 Å². The van der Waals surface area contributed by atoms with Crippen LogP contribution in [0.3, 0.4) is 0 Å². The number of rotatable bonds is 9. The van der Waals surface area contributed by atoms with E-state index in [9.17, 15) is 15.3 Å². The maximum atomic E-state index is 11.4. The quantitative estimate of drug-likeness (QED) is 0.182. The molecule has 0 spiro atoms. The molecule has 1 aliphatic rings. The van der Waals surface area contributed by atoms with Crippen molar-refractivity contribution in [1.82, 2.24) is 9.80 Å². The van der Waals surface area contributed by atoms with Gasteiger partial charge in [0.2, 0.25) is 0 Å². The van der Waals surface area contributed by atoms with Gasteiger partial charge in [-0.1, -0.05) is 52.2 Å². The van der Waals surface area contributed by atoms with Crippen LogP contribution >= 0.6 is 0 Å². The number of hydrogen-bond acceptors (Lipinski definition) is 8. The second-order valence-corrected chi connectivity index (χ2v) is 23.6. The SMILES string of the molecule is C/C(=C\CCO[Si](C)(C)C(C)(C)C)[C@]1(O)/C(=C/[Si](C)(C)C)CC[C@@H](O)[C@H]1O.CN(C)CCN(C)C.[O]=[Os+2]=[O]. The summed E-state index contributed by atoms with van der Waals surface area (Å²) in [5.74, 6) is 0. The minimum atomic E-state index is -2.08. The molecule has 3 atom stereocenters. The number of hydrogen-bond donors (Lipinski definition) is 3. The molecule has 3 N–H and O–H groups in total. The van der Waals surface area contributed by atoms with Crippen LogP contribution in [0.4, 0.5) is 0 Å². The fourth-order valence-electron chi connectivity index (χ4n) is 3.67. The molecule has 0 saturated heterocycles. The summed E-state index contributed by atoms with van der Waals surface area (Å²) in [5.41, 5.74) is 2.26. The van der Waals surface area contributed by atoms with Crippen LogP contribution < -0.4 is 0 Å². The summed E-state index contributed by atoms with van der Waals surface area (Å²) in [4.78, 5) is 4.36. The fourth-order valence-corrected chi connectivity index (χ4v) is 6.14. The van der Waals surface area contributed by atoms with Crippen molar-refractivity contribution in [2.24, 2.45) is 0 Å². The Kier molecular flexibility index (Phi) is 18.6. The Morgan fingerprint density at radius 2 is 1.50 bits per heavy atom. The molecule has 0 amide bonds. The van der Waals surface area contributed by atoms with E-state index in [0.717, 1.165) is 18.7 Å². The zero-order valence-corrected chi connectivity index (χ0v) is 30.9. The third-order valence-corrected chi connectivity index (χ3v) is 12.8. The Labute approximate surface area is 243 Å². The first-order valence-corrected chi connectivity index (χ1v) is 21.9. The minimum absolute atomic E-state index is 0.168. The molecule has 1 saturated carbocycles. The number of likely N-dealkylation sites (N-methyl/N-ethyl adjacent to an activating group) is 2. The average Bonchev–Trinajstić information content (AvgIpc) is 2.75. The normalized spacial score (nSPS) is 24.1. The van der Waals surface area contributed by atoms with E-state index in [2.05, 4.69) is 97.2 Å². The van der Waals surface area contributed by atoms with Gasteiger partial charge >= 0.3 is 24.4 Å². The van der Waals surface area contributed by atoms with E-state index in [1.807, 2.05) is 13.0 Å². The Morgan fingerprint density at radius 1 is 1.05 bits per heavy atom. The van der Waals surface area contributed by atoms with Crippen molar-refractivity contribution >= 4 is 16.4 Å². The van der Waals surface area contributed by atoms with Crippen molar-refractivity contribution in [3.8, 4) is 0 Å². The summed E-state index contributed by atoms with van der Waals surface area (Å²) in [6.07, 6.45) is 1.66. The molecule has 0 bridgehead atoms. The average molecular weight is 753 g/mol. The second-order valence-electron chi connectivity index (χ2n) is 13.3. The van der Waals surface area contributed by atoms with Crippen molar-refractivity contribution in [3.63, 3.8) is 0 Å². The molecule has 8 nitrogen and oxygen atoms in total. The summed E-state index contributed by atoms with van der Waals surface area (Å²) >= 11 is -2.08. The van der Waals surface area contributed by atoms with Crippen LogP contribution in [0.25, 0.3) is 0 Å². The van der Waals surface area contributed by atoms with E-state index in [-0.39, 0.29) is 5.04 Å². The number of aliphatic hydroxyl groups excluding tert-OH is 2. The molecule has 1 fully saturated rings. The summed E-state index contributed by atoms with van der Waals surface area (Å²) in [6, 6.07) is 0. The fraction of sp³-hybridized carbons (Fsp3) is 0.852. The summed E-state index contributed by atoms with van der Waals surface area (Å²) in [6.45, 7) is 22.5. The van der Waals surface area contributed by atoms with Crippen molar-refractivity contribution in [1.29, 1.82) is 0 Å². The van der Waals surface area contributed by atoms with E-state index >= 15 is 0 Å². The van der Waals surface area contributed by atoms with Gasteiger partial charge in [0, 0.05) is 19.7 Å². The molecule has 0 heterocycles. The van der Waals surface area contributed by atoms with Gasteiger partial charge in [-0.05, 0) is 83.7 Å². The predicted molar refractivity (Wildman–Crippen MR) is 158 cm³/mol. The second kappa shape index (κ2) is 17.7. The first-order chi connectivity index (χ1) is 17.1. The van der Waals surface area contributed by atoms with E-state index in [4.69, 9.17) is 11.5 Å². The van der Waals surface area contributed by atoms with Crippen LogP contribution in [0.15, 0.2) is 22.9 Å². The van der Waals surface area contributed by atoms with Gasteiger partial charge in [0.25, 0.3) is 0 Å². The van der Waals surface area contributed by atoms with Crippen LogP contribution in [0, 0.1) is 0 Å². The molecule has 0 aliphatic heterocycles. The Balaban J connectivity index is 0. The van der Waals surface area contributed by atoms with E-state index < -0.39 is 51.5 Å². The van der Waals surface area contributed by atoms with Gasteiger partial charge in [-0.2, -0.15) is 0 Å². The van der Waals surface area contributed by atoms with Crippen LogP contribution in [-0.2, 0) is 28.8 Å². The summed E-state index contributed by atoms with van der Waals surface area (Å²) in [5, 5.41) is 32.4. The molecule has 1 rings (SSSR count). The van der Waals surface area contributed by atoms with Gasteiger partial charge in [-0.15, -0.1) is 0 Å². The molecule has 0 radical (unpaired) electrons. The van der Waals surface area contributed by atoms with Crippen LogP contribution in [0.1, 0.15) is 47.0 Å². The zero-order chi connectivity index (χ0) is 30.5. The predicted octanol–water partition coefficient (Wildman–Crippen LogP) is 4.26. The Morgan fingerprint density at radius 3 is 1.87 bits per heavy atom. The molecule has 226 valence electrons. The number of nitrogens with zero attached hydrogens (tertiary/aromatic N) is 2. The van der Waals surface area contributed by atoms with Crippen molar-refractivity contribution in [3.05, 3.63) is 22.9 Å². The third-order valence-electron chi connectivity index (χ3n) is 7.03. The molecular weight excluding hydrogens is 695 g/mol. The van der Waals surface area contributed by atoms with Crippen LogP contribution in [0.5, 0.6) is 0 Å². The first kappa shape index (κ1) is 40.1. The molecule has 0 unspecified atom stereocenters. The summed E-state index contributed by atoms with van der Waals surface area (Å²) < 4.78 is 23.2. The molecular formula is C27H58N2O6OsSi2+2.